The summed E-state index contributed by atoms with van der Waals surface area (Å²) in [4.78, 5) is 4.46. The summed E-state index contributed by atoms with van der Waals surface area (Å²) < 4.78 is 2.27. The summed E-state index contributed by atoms with van der Waals surface area (Å²) in [6, 6.07) is 9.34. The molecule has 0 saturated heterocycles. The van der Waals surface area contributed by atoms with Gasteiger partial charge in [0.15, 0.2) is 0 Å². The van der Waals surface area contributed by atoms with Crippen LogP contribution in [-0.4, -0.2) is 16.6 Å². The smallest absolute Gasteiger partial charge is 0.108 e. The van der Waals surface area contributed by atoms with Gasteiger partial charge in [-0.25, -0.2) is 4.98 Å². The minimum absolute atomic E-state index is 0.325. The Bertz CT molecular complexity index is 528. The monoisotopic (exact) mass is 285 g/mol. The molecule has 1 aromatic heterocycles. The predicted octanol–water partition coefficient (Wildman–Crippen LogP) is 3.75. The lowest BCUT2D eigenvalue weighted by Crippen LogP contribution is -2.22. The van der Waals surface area contributed by atoms with Gasteiger partial charge >= 0.3 is 0 Å². The molecule has 0 radical (unpaired) electrons. The zero-order valence-electron chi connectivity index (χ0n) is 13.5. The van der Waals surface area contributed by atoms with Crippen molar-refractivity contribution in [3.8, 4) is 0 Å². The van der Waals surface area contributed by atoms with E-state index in [1.165, 1.54) is 23.4 Å². The SMILES string of the molecule is CCCc1ccc(C(Cn2ccnc2CCC)NC)cc1. The summed E-state index contributed by atoms with van der Waals surface area (Å²) in [5.74, 6) is 1.18. The van der Waals surface area contributed by atoms with Gasteiger partial charge in [0, 0.05) is 31.4 Å². The summed E-state index contributed by atoms with van der Waals surface area (Å²) in [6.45, 7) is 5.35. The third kappa shape index (κ3) is 4.18. The van der Waals surface area contributed by atoms with E-state index in [9.17, 15) is 0 Å². The molecule has 0 bridgehead atoms. The Morgan fingerprint density at radius 1 is 1.10 bits per heavy atom. The lowest BCUT2D eigenvalue weighted by molar-refractivity contribution is 0.487. The maximum atomic E-state index is 4.46. The van der Waals surface area contributed by atoms with Gasteiger partial charge in [0.1, 0.15) is 5.82 Å². The summed E-state index contributed by atoms with van der Waals surface area (Å²) >= 11 is 0. The van der Waals surface area contributed by atoms with E-state index >= 15 is 0 Å². The van der Waals surface area contributed by atoms with E-state index in [2.05, 4.69) is 59.2 Å². The van der Waals surface area contributed by atoms with Gasteiger partial charge in [-0.1, -0.05) is 44.5 Å². The van der Waals surface area contributed by atoms with E-state index in [0.717, 1.165) is 25.8 Å². The Morgan fingerprint density at radius 2 is 1.81 bits per heavy atom. The fourth-order valence-corrected chi connectivity index (χ4v) is 2.72. The molecule has 21 heavy (non-hydrogen) atoms. The highest BCUT2D eigenvalue weighted by Crippen LogP contribution is 2.17. The van der Waals surface area contributed by atoms with Gasteiger partial charge in [-0.3, -0.25) is 0 Å². The van der Waals surface area contributed by atoms with Crippen LogP contribution in [0.4, 0.5) is 0 Å². The van der Waals surface area contributed by atoms with E-state index in [4.69, 9.17) is 0 Å². The molecule has 0 aliphatic carbocycles. The van der Waals surface area contributed by atoms with Crippen molar-refractivity contribution in [1.29, 1.82) is 0 Å². The zero-order chi connectivity index (χ0) is 15.1. The van der Waals surface area contributed by atoms with Gasteiger partial charge in [0.25, 0.3) is 0 Å². The minimum Gasteiger partial charge on any atom is -0.333 e. The van der Waals surface area contributed by atoms with Gasteiger partial charge in [-0.2, -0.15) is 0 Å². The Labute approximate surface area is 128 Å². The third-order valence-electron chi connectivity index (χ3n) is 3.92. The summed E-state index contributed by atoms with van der Waals surface area (Å²) in [6.07, 6.45) is 8.52. The van der Waals surface area contributed by atoms with Crippen molar-refractivity contribution >= 4 is 0 Å². The molecule has 0 fully saturated rings. The first-order chi connectivity index (χ1) is 10.3. The van der Waals surface area contributed by atoms with Crippen LogP contribution in [0.1, 0.15) is 49.7 Å². The first kappa shape index (κ1) is 15.8. The summed E-state index contributed by atoms with van der Waals surface area (Å²) in [5.41, 5.74) is 2.76. The van der Waals surface area contributed by atoms with Crippen molar-refractivity contribution in [2.24, 2.45) is 0 Å². The number of hydrogen-bond donors (Lipinski definition) is 1. The largest absolute Gasteiger partial charge is 0.333 e. The number of aromatic nitrogens is 2. The zero-order valence-corrected chi connectivity index (χ0v) is 13.5. The van der Waals surface area contributed by atoms with Crippen LogP contribution in [0, 0.1) is 0 Å². The highest BCUT2D eigenvalue weighted by Gasteiger charge is 2.12. The van der Waals surface area contributed by atoms with Gasteiger partial charge in [0.05, 0.1) is 0 Å². The van der Waals surface area contributed by atoms with Gasteiger partial charge in [-0.05, 0) is 31.0 Å². The number of nitrogens with one attached hydrogen (secondary N) is 1. The molecule has 0 aliphatic rings. The first-order valence-electron chi connectivity index (χ1n) is 8.04. The standard InChI is InChI=1S/C18H27N3/c1-4-6-15-8-10-16(11-9-15)17(19-3)14-21-13-12-20-18(21)7-5-2/h8-13,17,19H,4-7,14H2,1-3H3. The quantitative estimate of drug-likeness (QED) is 0.800. The van der Waals surface area contributed by atoms with Crippen LogP contribution < -0.4 is 5.32 Å². The molecule has 3 heteroatoms. The van der Waals surface area contributed by atoms with Gasteiger partial charge in [0.2, 0.25) is 0 Å². The molecule has 1 heterocycles. The molecule has 0 saturated carbocycles. The van der Waals surface area contributed by atoms with E-state index in [0.29, 0.717) is 6.04 Å². The van der Waals surface area contributed by atoms with Crippen LogP contribution in [0.2, 0.25) is 0 Å². The second-order valence-corrected chi connectivity index (χ2v) is 5.58. The molecule has 3 nitrogen and oxygen atoms in total. The maximum absolute atomic E-state index is 4.46. The molecule has 2 aromatic rings. The van der Waals surface area contributed by atoms with Gasteiger partial charge < -0.3 is 9.88 Å². The molecule has 0 amide bonds. The minimum atomic E-state index is 0.325. The van der Waals surface area contributed by atoms with Crippen LogP contribution in [0.3, 0.4) is 0 Å². The van der Waals surface area contributed by atoms with Crippen LogP contribution in [0.5, 0.6) is 0 Å². The Kier molecular flexibility index (Phi) is 6.00. The van der Waals surface area contributed by atoms with Crippen molar-refractivity contribution in [3.63, 3.8) is 0 Å². The lowest BCUT2D eigenvalue weighted by Gasteiger charge is -2.19. The fraction of sp³-hybridized carbons (Fsp3) is 0.500. The second kappa shape index (κ2) is 7.99. The number of imidazole rings is 1. The summed E-state index contributed by atoms with van der Waals surface area (Å²) in [5, 5.41) is 3.43. The average molecular weight is 285 g/mol. The van der Waals surface area contributed by atoms with Crippen LogP contribution in [-0.2, 0) is 19.4 Å². The van der Waals surface area contributed by atoms with Crippen molar-refractivity contribution in [1.82, 2.24) is 14.9 Å². The highest BCUT2D eigenvalue weighted by atomic mass is 15.1. The van der Waals surface area contributed by atoms with Crippen molar-refractivity contribution in [2.75, 3.05) is 7.05 Å². The van der Waals surface area contributed by atoms with E-state index in [-0.39, 0.29) is 0 Å². The van der Waals surface area contributed by atoms with Crippen LogP contribution >= 0.6 is 0 Å². The third-order valence-corrected chi connectivity index (χ3v) is 3.92. The van der Waals surface area contributed by atoms with Crippen molar-refractivity contribution < 1.29 is 0 Å². The molecular weight excluding hydrogens is 258 g/mol. The number of rotatable bonds is 8. The van der Waals surface area contributed by atoms with E-state index in [1.54, 1.807) is 0 Å². The molecule has 0 spiro atoms. The topological polar surface area (TPSA) is 29.9 Å². The highest BCUT2D eigenvalue weighted by molar-refractivity contribution is 5.25. The molecule has 0 aliphatic heterocycles. The number of likely N-dealkylation sites (N-methyl/N-ethyl adjacent to an activating group) is 1. The predicted molar refractivity (Wildman–Crippen MR) is 88.5 cm³/mol. The van der Waals surface area contributed by atoms with Crippen LogP contribution in [0.25, 0.3) is 0 Å². The summed E-state index contributed by atoms with van der Waals surface area (Å²) in [7, 11) is 2.03. The molecule has 2 rings (SSSR count). The van der Waals surface area contributed by atoms with E-state index in [1.807, 2.05) is 13.2 Å². The lowest BCUT2D eigenvalue weighted by atomic mass is 10.0. The average Bonchev–Trinajstić information content (AvgIpc) is 2.94. The van der Waals surface area contributed by atoms with Crippen LogP contribution in [0.15, 0.2) is 36.7 Å². The number of hydrogen-bond acceptors (Lipinski definition) is 2. The Hall–Kier alpha value is -1.61. The Balaban J connectivity index is 2.10. The fourth-order valence-electron chi connectivity index (χ4n) is 2.72. The first-order valence-corrected chi connectivity index (χ1v) is 8.04. The van der Waals surface area contributed by atoms with Crippen molar-refractivity contribution in [3.05, 3.63) is 53.6 Å². The number of aryl methyl sites for hydroxylation is 2. The molecule has 1 atom stereocenters. The van der Waals surface area contributed by atoms with E-state index < -0.39 is 0 Å². The number of benzene rings is 1. The molecule has 1 aromatic carbocycles. The molecule has 1 N–H and O–H groups in total. The Morgan fingerprint density at radius 3 is 2.43 bits per heavy atom. The molecular formula is C18H27N3. The van der Waals surface area contributed by atoms with Crippen molar-refractivity contribution in [2.45, 2.75) is 52.1 Å². The van der Waals surface area contributed by atoms with Gasteiger partial charge in [-0.15, -0.1) is 0 Å². The maximum Gasteiger partial charge on any atom is 0.108 e. The normalized spacial score (nSPS) is 12.5. The molecule has 114 valence electrons. The molecule has 1 unspecified atom stereocenters. The second-order valence-electron chi connectivity index (χ2n) is 5.58. The number of nitrogens with zero attached hydrogens (tertiary/aromatic N) is 2.